The second-order valence-corrected chi connectivity index (χ2v) is 4.61. The fourth-order valence-electron chi connectivity index (χ4n) is 1.19. The Morgan fingerprint density at radius 3 is 3.00 bits per heavy atom. The summed E-state index contributed by atoms with van der Waals surface area (Å²) >= 11 is 0. The Balaban J connectivity index is 2.13. The van der Waals surface area contributed by atoms with Crippen LogP contribution in [-0.4, -0.2) is 24.0 Å². The second-order valence-electron chi connectivity index (χ2n) is 3.22. The molecule has 0 aliphatic carbocycles. The van der Waals surface area contributed by atoms with E-state index in [2.05, 4.69) is 6.58 Å². The molecule has 0 fully saturated rings. The molecule has 0 radical (unpaired) electrons. The Morgan fingerprint density at radius 1 is 1.69 bits per heavy atom. The highest BCUT2D eigenvalue weighted by Crippen LogP contribution is 2.18. The molecule has 0 unspecified atom stereocenters. The molecule has 1 heterocycles. The quantitative estimate of drug-likeness (QED) is 0.394. The highest BCUT2D eigenvalue weighted by atomic mass is 31.1. The maximum Gasteiger partial charge on any atom is 0.333 e. The summed E-state index contributed by atoms with van der Waals surface area (Å²) in [5, 5.41) is 1.52. The number of rotatable bonds is 4. The van der Waals surface area contributed by atoms with Gasteiger partial charge in [-0.1, -0.05) is 6.58 Å². The second kappa shape index (κ2) is 5.18. The first kappa shape index (κ1) is 10.5. The largest absolute Gasteiger partial charge is 0.462 e. The minimum absolute atomic E-state index is 0.268. The van der Waals surface area contributed by atoms with E-state index in [0.717, 1.165) is 6.42 Å². The van der Waals surface area contributed by atoms with E-state index in [1.54, 1.807) is 6.92 Å². The zero-order chi connectivity index (χ0) is 9.68. The molecule has 0 aromatic heterocycles. The van der Waals surface area contributed by atoms with E-state index >= 15 is 0 Å². The molecule has 1 rings (SSSR count). The van der Waals surface area contributed by atoms with Crippen LogP contribution < -0.4 is 0 Å². The van der Waals surface area contributed by atoms with Crippen LogP contribution >= 0.6 is 8.20 Å². The fraction of sp³-hybridized carbons (Fsp3) is 0.600. The van der Waals surface area contributed by atoms with Crippen molar-refractivity contribution in [3.8, 4) is 0 Å². The molecule has 1 aliphatic rings. The van der Waals surface area contributed by atoms with Gasteiger partial charge >= 0.3 is 5.97 Å². The average molecular weight is 198 g/mol. The molecular weight excluding hydrogens is 183 g/mol. The standard InChI is InChI=1S/C10H15O2P/c1-8(2)10(11)12-6-5-9-4-3-7-13-9/h1,3-7H2,2H3. The lowest BCUT2D eigenvalue weighted by Gasteiger charge is -2.03. The van der Waals surface area contributed by atoms with Gasteiger partial charge < -0.3 is 4.74 Å². The van der Waals surface area contributed by atoms with Crippen molar-refractivity contribution in [1.82, 2.24) is 0 Å². The average Bonchev–Trinajstić information content (AvgIpc) is 2.56. The summed E-state index contributed by atoms with van der Waals surface area (Å²) in [6.07, 6.45) is 4.72. The van der Waals surface area contributed by atoms with E-state index in [1.807, 2.05) is 0 Å². The van der Waals surface area contributed by atoms with Crippen LogP contribution in [0.5, 0.6) is 0 Å². The van der Waals surface area contributed by atoms with Crippen LogP contribution in [0.2, 0.25) is 0 Å². The minimum atomic E-state index is -0.268. The molecule has 3 heteroatoms. The van der Waals surface area contributed by atoms with E-state index in [-0.39, 0.29) is 5.97 Å². The minimum Gasteiger partial charge on any atom is -0.462 e. The van der Waals surface area contributed by atoms with E-state index in [9.17, 15) is 4.79 Å². The van der Waals surface area contributed by atoms with Gasteiger partial charge in [-0.3, -0.25) is 0 Å². The molecule has 13 heavy (non-hydrogen) atoms. The van der Waals surface area contributed by atoms with Crippen molar-refractivity contribution in [2.24, 2.45) is 0 Å². The first-order chi connectivity index (χ1) is 6.20. The van der Waals surface area contributed by atoms with E-state index < -0.39 is 0 Å². The summed E-state index contributed by atoms with van der Waals surface area (Å²) in [5.41, 5.74) is 0.481. The molecular formula is C10H15O2P. The summed E-state index contributed by atoms with van der Waals surface area (Å²) in [5.74, 6) is -0.268. The van der Waals surface area contributed by atoms with Gasteiger partial charge in [0.05, 0.1) is 6.61 Å². The third-order valence-corrected chi connectivity index (χ3v) is 3.37. The van der Waals surface area contributed by atoms with Crippen molar-refractivity contribution in [1.29, 1.82) is 0 Å². The van der Waals surface area contributed by atoms with Crippen LogP contribution in [0, 0.1) is 0 Å². The molecule has 0 aromatic carbocycles. The number of ether oxygens (including phenoxy) is 1. The zero-order valence-electron chi connectivity index (χ0n) is 8.01. The number of carbonyl (C=O) groups is 1. The molecule has 0 bridgehead atoms. The maximum atomic E-state index is 11.0. The van der Waals surface area contributed by atoms with Crippen molar-refractivity contribution in [2.75, 3.05) is 12.8 Å². The van der Waals surface area contributed by atoms with Gasteiger partial charge in [0.1, 0.15) is 0 Å². The van der Waals surface area contributed by atoms with Gasteiger partial charge in [-0.15, -0.1) is 8.20 Å². The van der Waals surface area contributed by atoms with Crippen LogP contribution in [0.1, 0.15) is 26.2 Å². The maximum absolute atomic E-state index is 11.0. The Labute approximate surface area is 80.8 Å². The molecule has 0 N–H and O–H groups in total. The van der Waals surface area contributed by atoms with Gasteiger partial charge in [-0.25, -0.2) is 4.79 Å². The van der Waals surface area contributed by atoms with Gasteiger partial charge in [0.25, 0.3) is 0 Å². The Kier molecular flexibility index (Phi) is 4.17. The third kappa shape index (κ3) is 3.73. The topological polar surface area (TPSA) is 26.3 Å². The first-order valence-electron chi connectivity index (χ1n) is 4.55. The van der Waals surface area contributed by atoms with Crippen molar-refractivity contribution >= 4 is 19.5 Å². The summed E-state index contributed by atoms with van der Waals surface area (Å²) in [4.78, 5) is 11.0. The number of carbonyl (C=O) groups excluding carboxylic acids is 1. The fourth-order valence-corrected chi connectivity index (χ4v) is 2.39. The molecule has 0 atom stereocenters. The SMILES string of the molecule is C=C(C)C(=O)OCCC1=PCCC1. The van der Waals surface area contributed by atoms with E-state index in [0.29, 0.717) is 12.2 Å². The Hall–Kier alpha value is -0.620. The molecule has 1 aliphatic heterocycles. The molecule has 0 saturated heterocycles. The summed E-state index contributed by atoms with van der Waals surface area (Å²) in [7, 11) is 1.45. The summed E-state index contributed by atoms with van der Waals surface area (Å²) in [6.45, 7) is 5.71. The van der Waals surface area contributed by atoms with Crippen molar-refractivity contribution in [3.05, 3.63) is 12.2 Å². The third-order valence-electron chi connectivity index (χ3n) is 1.93. The van der Waals surface area contributed by atoms with Gasteiger partial charge in [0, 0.05) is 12.0 Å². The van der Waals surface area contributed by atoms with Crippen LogP contribution in [0.15, 0.2) is 12.2 Å². The smallest absolute Gasteiger partial charge is 0.333 e. The van der Waals surface area contributed by atoms with Gasteiger partial charge in [-0.05, 0) is 31.2 Å². The van der Waals surface area contributed by atoms with Crippen molar-refractivity contribution in [2.45, 2.75) is 26.2 Å². The zero-order valence-corrected chi connectivity index (χ0v) is 8.90. The van der Waals surface area contributed by atoms with Crippen LogP contribution in [0.25, 0.3) is 0 Å². The Morgan fingerprint density at radius 2 is 2.46 bits per heavy atom. The van der Waals surface area contributed by atoms with Crippen LogP contribution in [0.4, 0.5) is 0 Å². The highest BCUT2D eigenvalue weighted by Gasteiger charge is 2.07. The van der Waals surface area contributed by atoms with Crippen molar-refractivity contribution < 1.29 is 9.53 Å². The van der Waals surface area contributed by atoms with Crippen LogP contribution in [-0.2, 0) is 9.53 Å². The molecule has 0 spiro atoms. The molecule has 0 aromatic rings. The predicted octanol–water partition coefficient (Wildman–Crippen LogP) is 2.41. The highest BCUT2D eigenvalue weighted by molar-refractivity contribution is 7.41. The molecule has 72 valence electrons. The number of hydrogen-bond donors (Lipinski definition) is 0. The Bertz CT molecular complexity index is 241. The normalized spacial score (nSPS) is 16.5. The van der Waals surface area contributed by atoms with E-state index in [4.69, 9.17) is 4.74 Å². The predicted molar refractivity (Wildman–Crippen MR) is 56.4 cm³/mol. The number of hydrogen-bond acceptors (Lipinski definition) is 2. The van der Waals surface area contributed by atoms with E-state index in [1.165, 1.54) is 32.5 Å². The molecule has 0 amide bonds. The number of esters is 1. The first-order valence-corrected chi connectivity index (χ1v) is 5.63. The lowest BCUT2D eigenvalue weighted by Crippen LogP contribution is -2.08. The molecule has 2 nitrogen and oxygen atoms in total. The monoisotopic (exact) mass is 198 g/mol. The lowest BCUT2D eigenvalue weighted by molar-refractivity contribution is -0.138. The van der Waals surface area contributed by atoms with Gasteiger partial charge in [-0.2, -0.15) is 0 Å². The summed E-state index contributed by atoms with van der Waals surface area (Å²) < 4.78 is 5.00. The van der Waals surface area contributed by atoms with Gasteiger partial charge in [0.2, 0.25) is 0 Å². The van der Waals surface area contributed by atoms with Crippen molar-refractivity contribution in [3.63, 3.8) is 0 Å². The van der Waals surface area contributed by atoms with Crippen LogP contribution in [0.3, 0.4) is 0 Å². The summed E-state index contributed by atoms with van der Waals surface area (Å²) in [6, 6.07) is 0. The molecule has 0 saturated carbocycles. The lowest BCUT2D eigenvalue weighted by atomic mass is 10.2. The van der Waals surface area contributed by atoms with Gasteiger partial charge in [0.15, 0.2) is 0 Å².